The van der Waals surface area contributed by atoms with Crippen LogP contribution in [-0.4, -0.2) is 27.6 Å². The van der Waals surface area contributed by atoms with E-state index in [9.17, 15) is 5.21 Å². The largest absolute Gasteiger partial charge is 0.693 e. The van der Waals surface area contributed by atoms with E-state index in [1.807, 2.05) is 24.4 Å². The molecule has 1 heterocycles. The number of nitrogens with two attached hydrogens (primary N) is 1. The van der Waals surface area contributed by atoms with Gasteiger partial charge in [0.15, 0.2) is 0 Å². The number of hydrogen-bond acceptors (Lipinski definition) is 2. The van der Waals surface area contributed by atoms with E-state index in [0.717, 1.165) is 0 Å². The molecule has 0 saturated carbocycles. The second-order valence-corrected chi connectivity index (χ2v) is 2.30. The van der Waals surface area contributed by atoms with Crippen LogP contribution in [0.1, 0.15) is 6.92 Å². The highest BCUT2D eigenvalue weighted by Gasteiger charge is 2.11. The predicted molar refractivity (Wildman–Crippen MR) is 47.1 cm³/mol. The number of hydrogen-bond donors (Lipinski definition) is 1. The zero-order chi connectivity index (χ0) is 8.27. The predicted octanol–water partition coefficient (Wildman–Crippen LogP) is -0.650. The lowest BCUT2D eigenvalue weighted by Crippen LogP contribution is -2.34. The van der Waals surface area contributed by atoms with Crippen LogP contribution in [0, 0.1) is 5.21 Å². The first kappa shape index (κ1) is 10.5. The third-order valence-corrected chi connectivity index (χ3v) is 1.55. The first-order chi connectivity index (χ1) is 5.22. The van der Waals surface area contributed by atoms with Crippen LogP contribution in [0.25, 0.3) is 0 Å². The van der Waals surface area contributed by atoms with Gasteiger partial charge in [-0.3, -0.25) is 5.84 Å². The van der Waals surface area contributed by atoms with Crippen molar-refractivity contribution >= 4 is 5.84 Å². The van der Waals surface area contributed by atoms with Crippen molar-refractivity contribution in [1.82, 2.24) is 4.90 Å². The summed E-state index contributed by atoms with van der Waals surface area (Å²) in [6.45, 7) is 2.38. The SMILES string of the molecule is C/C(N1C=CC=CC1)=[N+](\N)[O-].O. The van der Waals surface area contributed by atoms with Crippen molar-refractivity contribution in [2.45, 2.75) is 6.92 Å². The van der Waals surface area contributed by atoms with Gasteiger partial charge >= 0.3 is 0 Å². The van der Waals surface area contributed by atoms with Gasteiger partial charge in [-0.15, -0.1) is 0 Å². The molecule has 0 unspecified atom stereocenters. The van der Waals surface area contributed by atoms with E-state index in [4.69, 9.17) is 5.84 Å². The average Bonchev–Trinajstić information content (AvgIpc) is 2.05. The second kappa shape index (κ2) is 4.40. The maximum absolute atomic E-state index is 10.6. The summed E-state index contributed by atoms with van der Waals surface area (Å²) in [6.07, 6.45) is 7.55. The van der Waals surface area contributed by atoms with E-state index in [0.29, 0.717) is 17.2 Å². The average molecular weight is 171 g/mol. The highest BCUT2D eigenvalue weighted by molar-refractivity contribution is 5.76. The fourth-order valence-electron chi connectivity index (χ4n) is 0.834. The Morgan fingerprint density at radius 3 is 2.67 bits per heavy atom. The summed E-state index contributed by atoms with van der Waals surface area (Å²) in [4.78, 5) is 2.14. The second-order valence-electron chi connectivity index (χ2n) is 2.30. The Morgan fingerprint density at radius 2 is 2.25 bits per heavy atom. The number of amidine groups is 1. The summed E-state index contributed by atoms with van der Waals surface area (Å²) in [5.74, 6) is 5.50. The normalized spacial score (nSPS) is 16.9. The Hall–Kier alpha value is -1.49. The number of allylic oxidation sites excluding steroid dienone is 2. The van der Waals surface area contributed by atoms with Gasteiger partial charge in [-0.1, -0.05) is 6.08 Å². The molecule has 1 aliphatic heterocycles. The zero-order valence-electron chi connectivity index (χ0n) is 6.90. The van der Waals surface area contributed by atoms with Gasteiger partial charge in [0, 0.05) is 6.92 Å². The topological polar surface area (TPSA) is 86.8 Å². The molecule has 0 saturated heterocycles. The zero-order valence-corrected chi connectivity index (χ0v) is 6.90. The maximum Gasteiger partial charge on any atom is 0.275 e. The van der Waals surface area contributed by atoms with Gasteiger partial charge in [-0.05, 0) is 12.2 Å². The van der Waals surface area contributed by atoms with Crippen LogP contribution in [0.3, 0.4) is 0 Å². The number of nitrogens with zero attached hydrogens (tertiary/aromatic N) is 2. The van der Waals surface area contributed by atoms with Crippen LogP contribution in [0.5, 0.6) is 0 Å². The molecule has 0 aromatic heterocycles. The van der Waals surface area contributed by atoms with Crippen molar-refractivity contribution in [3.05, 3.63) is 29.6 Å². The lowest BCUT2D eigenvalue weighted by Gasteiger charge is -2.15. The minimum Gasteiger partial charge on any atom is -0.693 e. The molecule has 68 valence electrons. The van der Waals surface area contributed by atoms with Crippen molar-refractivity contribution in [3.8, 4) is 0 Å². The van der Waals surface area contributed by atoms with Crippen molar-refractivity contribution in [1.29, 1.82) is 0 Å². The number of hydrazine groups is 1. The Labute approximate surface area is 70.9 Å². The summed E-state index contributed by atoms with van der Waals surface area (Å²) in [5, 5.41) is 10.6. The minimum absolute atomic E-state index is 0. The quantitative estimate of drug-likeness (QED) is 0.131. The molecule has 0 radical (unpaired) electrons. The fraction of sp³-hybridized carbons (Fsp3) is 0.286. The molecule has 0 aromatic rings. The molecule has 1 aliphatic rings. The van der Waals surface area contributed by atoms with Crippen LogP contribution in [-0.2, 0) is 0 Å². The summed E-state index contributed by atoms with van der Waals surface area (Å²) >= 11 is 0. The molecule has 0 aromatic carbocycles. The molecular weight excluding hydrogens is 158 g/mol. The van der Waals surface area contributed by atoms with Crippen LogP contribution in [0.15, 0.2) is 24.4 Å². The third-order valence-electron chi connectivity index (χ3n) is 1.55. The Balaban J connectivity index is 0.00000121. The van der Waals surface area contributed by atoms with Gasteiger partial charge in [0.25, 0.3) is 5.84 Å². The van der Waals surface area contributed by atoms with Crippen LogP contribution < -0.4 is 5.84 Å². The Bertz CT molecular complexity index is 229. The smallest absolute Gasteiger partial charge is 0.275 e. The molecule has 0 fully saturated rings. The maximum atomic E-state index is 10.6. The molecule has 0 spiro atoms. The van der Waals surface area contributed by atoms with Gasteiger partial charge in [0.05, 0.1) is 6.20 Å². The van der Waals surface area contributed by atoms with Crippen molar-refractivity contribution in [3.63, 3.8) is 0 Å². The molecule has 5 nitrogen and oxygen atoms in total. The first-order valence-corrected chi connectivity index (χ1v) is 3.37. The van der Waals surface area contributed by atoms with Gasteiger partial charge in [0.1, 0.15) is 6.54 Å². The van der Waals surface area contributed by atoms with Gasteiger partial charge in [-0.25, -0.2) is 4.90 Å². The fourth-order valence-corrected chi connectivity index (χ4v) is 0.834. The first-order valence-electron chi connectivity index (χ1n) is 3.37. The standard InChI is InChI=1S/C7H11N3O.H2O/c1-7(10(8)11)9-5-3-2-4-6-9;/h2-5H,6,8H2,1H3;1H2/b10-7-;. The molecule has 5 heteroatoms. The van der Waals surface area contributed by atoms with Crippen LogP contribution in [0.4, 0.5) is 0 Å². The van der Waals surface area contributed by atoms with Crippen molar-refractivity contribution in [2.75, 3.05) is 6.54 Å². The summed E-state index contributed by atoms with van der Waals surface area (Å²) in [6, 6.07) is 0. The number of hydrazone groups is 1. The Morgan fingerprint density at radius 1 is 1.58 bits per heavy atom. The van der Waals surface area contributed by atoms with E-state index in [2.05, 4.69) is 0 Å². The van der Waals surface area contributed by atoms with Crippen LogP contribution >= 0.6 is 0 Å². The van der Waals surface area contributed by atoms with E-state index < -0.39 is 0 Å². The summed E-state index contributed by atoms with van der Waals surface area (Å²) < 4.78 is 0. The van der Waals surface area contributed by atoms with Gasteiger partial charge in [-0.2, -0.15) is 4.85 Å². The van der Waals surface area contributed by atoms with Gasteiger partial charge in [0.2, 0.25) is 0 Å². The van der Waals surface area contributed by atoms with E-state index >= 15 is 0 Å². The van der Waals surface area contributed by atoms with Crippen molar-refractivity contribution < 1.29 is 10.3 Å². The van der Waals surface area contributed by atoms with E-state index in [1.165, 1.54) is 0 Å². The highest BCUT2D eigenvalue weighted by Crippen LogP contribution is 1.98. The molecule has 0 bridgehead atoms. The van der Waals surface area contributed by atoms with E-state index in [-0.39, 0.29) is 5.48 Å². The summed E-state index contributed by atoms with van der Waals surface area (Å²) in [5.41, 5.74) is 0. The molecule has 0 aliphatic carbocycles. The molecule has 1 rings (SSSR count). The number of rotatable bonds is 0. The molecule has 12 heavy (non-hydrogen) atoms. The monoisotopic (exact) mass is 171 g/mol. The van der Waals surface area contributed by atoms with Crippen LogP contribution in [0.2, 0.25) is 0 Å². The minimum atomic E-state index is 0. The highest BCUT2D eigenvalue weighted by atomic mass is 16.5. The molecule has 4 N–H and O–H groups in total. The molecule has 0 amide bonds. The molecule has 0 atom stereocenters. The summed E-state index contributed by atoms with van der Waals surface area (Å²) in [7, 11) is 0. The third kappa shape index (κ3) is 2.28. The lowest BCUT2D eigenvalue weighted by atomic mass is 10.3. The molecular formula is C7H13N3O2. The van der Waals surface area contributed by atoms with E-state index in [1.54, 1.807) is 11.8 Å². The Kier molecular flexibility index (Phi) is 3.85. The van der Waals surface area contributed by atoms with Gasteiger partial charge < -0.3 is 10.7 Å². The lowest BCUT2D eigenvalue weighted by molar-refractivity contribution is -0.474. The van der Waals surface area contributed by atoms with Crippen molar-refractivity contribution in [2.24, 2.45) is 5.84 Å².